The molecular weight excluding hydrogens is 188 g/mol. The zero-order valence-corrected chi connectivity index (χ0v) is 9.22. The largest absolute Gasteiger partial charge is 0.379 e. The van der Waals surface area contributed by atoms with Crippen LogP contribution in [-0.4, -0.2) is 36.2 Å². The summed E-state index contributed by atoms with van der Waals surface area (Å²) >= 11 is 0. The van der Waals surface area contributed by atoms with Crippen molar-refractivity contribution in [2.45, 2.75) is 19.4 Å². The minimum absolute atomic E-state index is 0.454. The van der Waals surface area contributed by atoms with Crippen LogP contribution >= 0.6 is 0 Å². The number of morpholine rings is 1. The molecule has 1 saturated heterocycles. The van der Waals surface area contributed by atoms with Gasteiger partial charge in [-0.25, -0.2) is 0 Å². The summed E-state index contributed by atoms with van der Waals surface area (Å²) in [5, 5.41) is 0. The van der Waals surface area contributed by atoms with Crippen molar-refractivity contribution in [2.24, 2.45) is 0 Å². The molecule has 1 fully saturated rings. The van der Waals surface area contributed by atoms with Gasteiger partial charge in [0.05, 0.1) is 24.9 Å². The Balaban J connectivity index is 2.09. The van der Waals surface area contributed by atoms with Crippen LogP contribution in [0.25, 0.3) is 0 Å². The summed E-state index contributed by atoms with van der Waals surface area (Å²) in [5.41, 5.74) is 1.18. The smallest absolute Gasteiger partial charge is 0.0594 e. The topological polar surface area (TPSA) is 25.4 Å². The molecule has 2 rings (SSSR count). The zero-order chi connectivity index (χ0) is 10.5. The highest BCUT2D eigenvalue weighted by atomic mass is 16.5. The molecule has 1 atom stereocenters. The van der Waals surface area contributed by atoms with Gasteiger partial charge >= 0.3 is 0 Å². The fourth-order valence-corrected chi connectivity index (χ4v) is 2.12. The molecule has 1 aromatic rings. The lowest BCUT2D eigenvalue weighted by Crippen LogP contribution is -2.39. The lowest BCUT2D eigenvalue weighted by atomic mass is 10.1. The first kappa shape index (κ1) is 10.6. The average molecular weight is 206 g/mol. The van der Waals surface area contributed by atoms with Crippen molar-refractivity contribution in [2.75, 3.05) is 26.3 Å². The van der Waals surface area contributed by atoms with E-state index in [1.165, 1.54) is 5.69 Å². The van der Waals surface area contributed by atoms with Gasteiger partial charge in [-0.15, -0.1) is 0 Å². The number of aromatic nitrogens is 1. The van der Waals surface area contributed by atoms with Crippen molar-refractivity contribution in [1.82, 2.24) is 9.88 Å². The summed E-state index contributed by atoms with van der Waals surface area (Å²) in [6, 6.07) is 6.60. The quantitative estimate of drug-likeness (QED) is 0.755. The molecule has 1 unspecified atom stereocenters. The lowest BCUT2D eigenvalue weighted by molar-refractivity contribution is 0.0143. The number of rotatable bonds is 3. The van der Waals surface area contributed by atoms with Crippen LogP contribution in [0.5, 0.6) is 0 Å². The van der Waals surface area contributed by atoms with Crippen LogP contribution in [-0.2, 0) is 4.74 Å². The predicted molar refractivity (Wildman–Crippen MR) is 59.7 cm³/mol. The van der Waals surface area contributed by atoms with Crippen LogP contribution in [0, 0.1) is 0 Å². The standard InChI is InChI=1S/C12H18N2O/c1-2-12(11-5-3-4-6-13-11)14-7-9-15-10-8-14/h3-6,12H,2,7-10H2,1H3. The van der Waals surface area contributed by atoms with Crippen molar-refractivity contribution in [3.8, 4) is 0 Å². The summed E-state index contributed by atoms with van der Waals surface area (Å²) in [6.45, 7) is 5.96. The van der Waals surface area contributed by atoms with Gasteiger partial charge in [-0.3, -0.25) is 9.88 Å². The summed E-state index contributed by atoms with van der Waals surface area (Å²) < 4.78 is 5.37. The maximum Gasteiger partial charge on any atom is 0.0594 e. The van der Waals surface area contributed by atoms with Gasteiger partial charge in [0.25, 0.3) is 0 Å². The van der Waals surface area contributed by atoms with Gasteiger partial charge in [0.15, 0.2) is 0 Å². The fourth-order valence-electron chi connectivity index (χ4n) is 2.12. The molecule has 0 aromatic carbocycles. The molecule has 0 saturated carbocycles. The van der Waals surface area contributed by atoms with E-state index in [-0.39, 0.29) is 0 Å². The molecule has 0 amide bonds. The predicted octanol–water partition coefficient (Wildman–Crippen LogP) is 1.86. The zero-order valence-electron chi connectivity index (χ0n) is 9.22. The summed E-state index contributed by atoms with van der Waals surface area (Å²) in [4.78, 5) is 6.91. The van der Waals surface area contributed by atoms with E-state index < -0.39 is 0 Å². The third-order valence-electron chi connectivity index (χ3n) is 2.90. The Hall–Kier alpha value is -0.930. The first-order valence-corrected chi connectivity index (χ1v) is 5.64. The monoisotopic (exact) mass is 206 g/mol. The molecule has 1 aliphatic rings. The molecule has 15 heavy (non-hydrogen) atoms. The van der Waals surface area contributed by atoms with Gasteiger partial charge in [0.2, 0.25) is 0 Å². The summed E-state index contributed by atoms with van der Waals surface area (Å²) in [5.74, 6) is 0. The second kappa shape index (κ2) is 5.24. The maximum absolute atomic E-state index is 5.37. The highest BCUT2D eigenvalue weighted by Crippen LogP contribution is 2.22. The Morgan fingerprint density at radius 1 is 1.40 bits per heavy atom. The molecule has 82 valence electrons. The normalized spacial score (nSPS) is 20.1. The van der Waals surface area contributed by atoms with Crippen LogP contribution in [0.3, 0.4) is 0 Å². The molecule has 0 bridgehead atoms. The van der Waals surface area contributed by atoms with Gasteiger partial charge in [0.1, 0.15) is 0 Å². The molecular formula is C12H18N2O. The highest BCUT2D eigenvalue weighted by molar-refractivity contribution is 5.08. The Bertz CT molecular complexity index is 283. The number of nitrogens with zero attached hydrogens (tertiary/aromatic N) is 2. The minimum Gasteiger partial charge on any atom is -0.379 e. The Labute approximate surface area is 91.1 Å². The molecule has 0 aliphatic carbocycles. The van der Waals surface area contributed by atoms with Crippen molar-refractivity contribution in [3.05, 3.63) is 30.1 Å². The Kier molecular flexibility index (Phi) is 3.69. The van der Waals surface area contributed by atoms with Gasteiger partial charge in [-0.2, -0.15) is 0 Å². The van der Waals surface area contributed by atoms with Crippen molar-refractivity contribution in [3.63, 3.8) is 0 Å². The van der Waals surface area contributed by atoms with Crippen molar-refractivity contribution in [1.29, 1.82) is 0 Å². The van der Waals surface area contributed by atoms with E-state index in [4.69, 9.17) is 4.74 Å². The number of hydrogen-bond acceptors (Lipinski definition) is 3. The summed E-state index contributed by atoms with van der Waals surface area (Å²) in [7, 11) is 0. The summed E-state index contributed by atoms with van der Waals surface area (Å²) in [6.07, 6.45) is 2.98. The van der Waals surface area contributed by atoms with Gasteiger partial charge < -0.3 is 4.74 Å². The van der Waals surface area contributed by atoms with E-state index in [0.717, 1.165) is 32.7 Å². The SMILES string of the molecule is CCC(c1ccccn1)N1CCOCC1. The van der Waals surface area contributed by atoms with Crippen LogP contribution < -0.4 is 0 Å². The van der Waals surface area contributed by atoms with Gasteiger partial charge in [0, 0.05) is 19.3 Å². The first-order valence-electron chi connectivity index (χ1n) is 5.64. The van der Waals surface area contributed by atoms with E-state index in [1.807, 2.05) is 12.3 Å². The maximum atomic E-state index is 5.37. The van der Waals surface area contributed by atoms with E-state index >= 15 is 0 Å². The third kappa shape index (κ3) is 2.55. The van der Waals surface area contributed by atoms with Crippen LogP contribution in [0.15, 0.2) is 24.4 Å². The van der Waals surface area contributed by atoms with E-state index in [1.54, 1.807) is 0 Å². The Morgan fingerprint density at radius 3 is 2.80 bits per heavy atom. The van der Waals surface area contributed by atoms with E-state index in [2.05, 4.69) is 28.9 Å². The van der Waals surface area contributed by atoms with Crippen molar-refractivity contribution >= 4 is 0 Å². The number of hydrogen-bond donors (Lipinski definition) is 0. The van der Waals surface area contributed by atoms with Crippen molar-refractivity contribution < 1.29 is 4.74 Å². The van der Waals surface area contributed by atoms with Crippen LogP contribution in [0.4, 0.5) is 0 Å². The molecule has 0 N–H and O–H groups in total. The van der Waals surface area contributed by atoms with Gasteiger partial charge in [-0.05, 0) is 18.6 Å². The van der Waals surface area contributed by atoms with E-state index in [0.29, 0.717) is 6.04 Å². The molecule has 3 nitrogen and oxygen atoms in total. The molecule has 1 aromatic heterocycles. The highest BCUT2D eigenvalue weighted by Gasteiger charge is 2.21. The lowest BCUT2D eigenvalue weighted by Gasteiger charge is -2.33. The third-order valence-corrected chi connectivity index (χ3v) is 2.90. The molecule has 2 heterocycles. The van der Waals surface area contributed by atoms with Crippen LogP contribution in [0.1, 0.15) is 25.1 Å². The molecule has 0 radical (unpaired) electrons. The number of pyridine rings is 1. The second-order valence-electron chi connectivity index (χ2n) is 3.83. The fraction of sp³-hybridized carbons (Fsp3) is 0.583. The molecule has 1 aliphatic heterocycles. The molecule has 3 heteroatoms. The first-order chi connectivity index (χ1) is 7.42. The number of ether oxygens (including phenoxy) is 1. The minimum atomic E-state index is 0.454. The second-order valence-corrected chi connectivity index (χ2v) is 3.83. The van der Waals surface area contributed by atoms with E-state index in [9.17, 15) is 0 Å². The molecule has 0 spiro atoms. The van der Waals surface area contributed by atoms with Gasteiger partial charge in [-0.1, -0.05) is 13.0 Å². The van der Waals surface area contributed by atoms with Crippen LogP contribution in [0.2, 0.25) is 0 Å². The average Bonchev–Trinajstić information content (AvgIpc) is 2.33. The Morgan fingerprint density at radius 2 is 2.20 bits per heavy atom.